The maximum Gasteiger partial charge on any atom is 0.408 e. The number of benzene rings is 2. The van der Waals surface area contributed by atoms with E-state index in [1.165, 1.54) is 0 Å². The molecular formula is C29H39N3O4S. The number of carbonyl (C=O) groups excluding carboxylic acids is 3. The SMILES string of the molecule is Cc1ccccc1NC(=O)C(c1cccc(C)c1C)N(C(=O)C(CS)NC(=O)OC(C)(C)C)C1CC1C. The van der Waals surface area contributed by atoms with E-state index in [0.29, 0.717) is 5.69 Å². The molecule has 0 spiro atoms. The van der Waals surface area contributed by atoms with Gasteiger partial charge in [0, 0.05) is 17.5 Å². The number of hydrogen-bond donors (Lipinski definition) is 3. The van der Waals surface area contributed by atoms with Gasteiger partial charge in [0.1, 0.15) is 17.7 Å². The number of para-hydroxylation sites is 1. The molecular weight excluding hydrogens is 486 g/mol. The summed E-state index contributed by atoms with van der Waals surface area (Å²) in [6.45, 7) is 13.2. The van der Waals surface area contributed by atoms with Crippen molar-refractivity contribution in [3.8, 4) is 0 Å². The van der Waals surface area contributed by atoms with Crippen LogP contribution in [0.1, 0.15) is 62.4 Å². The second-order valence-corrected chi connectivity index (χ2v) is 11.3. The zero-order valence-corrected chi connectivity index (χ0v) is 23.7. The fourth-order valence-corrected chi connectivity index (χ4v) is 4.64. The summed E-state index contributed by atoms with van der Waals surface area (Å²) < 4.78 is 5.38. The topological polar surface area (TPSA) is 87.7 Å². The standard InChI is InChI=1S/C29H39N3O4S/c1-17-12-10-13-21(20(17)4)25(26(33)30-22-14-9-8-11-18(22)2)32(24-15-19(24)3)27(34)23(16-37)31-28(35)36-29(5,6)7/h8-14,19,23-25,37H,15-16H2,1-7H3,(H,30,33)(H,31,35). The first-order valence-corrected chi connectivity index (χ1v) is 13.3. The van der Waals surface area contributed by atoms with Gasteiger partial charge in [0.25, 0.3) is 5.91 Å². The molecule has 8 heteroatoms. The summed E-state index contributed by atoms with van der Waals surface area (Å²) in [4.78, 5) is 42.3. The Morgan fingerprint density at radius 3 is 2.24 bits per heavy atom. The van der Waals surface area contributed by atoms with Crippen LogP contribution >= 0.6 is 12.6 Å². The molecule has 1 saturated carbocycles. The number of anilines is 1. The van der Waals surface area contributed by atoms with Gasteiger partial charge in [-0.05, 0) is 82.2 Å². The highest BCUT2D eigenvalue weighted by molar-refractivity contribution is 7.80. The largest absolute Gasteiger partial charge is 0.444 e. The summed E-state index contributed by atoms with van der Waals surface area (Å²) >= 11 is 4.37. The Balaban J connectivity index is 2.04. The summed E-state index contributed by atoms with van der Waals surface area (Å²) in [5.41, 5.74) is 3.63. The lowest BCUT2D eigenvalue weighted by Crippen LogP contribution is -2.54. The Bertz CT molecular complexity index is 1160. The van der Waals surface area contributed by atoms with Crippen LogP contribution in [0.25, 0.3) is 0 Å². The minimum atomic E-state index is -0.954. The van der Waals surface area contributed by atoms with Crippen LogP contribution in [0, 0.1) is 26.7 Å². The smallest absolute Gasteiger partial charge is 0.408 e. The number of thiol groups is 1. The van der Waals surface area contributed by atoms with Crippen molar-refractivity contribution in [1.29, 1.82) is 0 Å². The fourth-order valence-electron chi connectivity index (χ4n) is 4.39. The Morgan fingerprint density at radius 2 is 1.68 bits per heavy atom. The van der Waals surface area contributed by atoms with Crippen LogP contribution in [0.4, 0.5) is 10.5 Å². The zero-order valence-electron chi connectivity index (χ0n) is 22.8. The molecule has 0 radical (unpaired) electrons. The van der Waals surface area contributed by atoms with E-state index in [-0.39, 0.29) is 29.5 Å². The number of carbonyl (C=O) groups is 3. The lowest BCUT2D eigenvalue weighted by Gasteiger charge is -2.35. The van der Waals surface area contributed by atoms with Crippen LogP contribution in [0.5, 0.6) is 0 Å². The Hall–Kier alpha value is -3.00. The molecule has 0 bridgehead atoms. The maximum absolute atomic E-state index is 14.1. The van der Waals surface area contributed by atoms with Crippen LogP contribution in [-0.4, -0.2) is 46.2 Å². The van der Waals surface area contributed by atoms with Gasteiger partial charge < -0.3 is 20.3 Å². The molecule has 0 heterocycles. The lowest BCUT2D eigenvalue weighted by molar-refractivity contribution is -0.141. The number of ether oxygens (including phenoxy) is 1. The van der Waals surface area contributed by atoms with Crippen molar-refractivity contribution >= 4 is 36.2 Å². The van der Waals surface area contributed by atoms with E-state index in [2.05, 4.69) is 30.2 Å². The lowest BCUT2D eigenvalue weighted by atomic mass is 9.94. The number of alkyl carbamates (subject to hydrolysis) is 1. The van der Waals surface area contributed by atoms with Crippen LogP contribution in [0.2, 0.25) is 0 Å². The van der Waals surface area contributed by atoms with E-state index in [0.717, 1.165) is 28.7 Å². The van der Waals surface area contributed by atoms with Crippen molar-refractivity contribution in [3.63, 3.8) is 0 Å². The van der Waals surface area contributed by atoms with Crippen molar-refractivity contribution in [3.05, 3.63) is 64.7 Å². The predicted molar refractivity (Wildman–Crippen MR) is 150 cm³/mol. The van der Waals surface area contributed by atoms with Crippen molar-refractivity contribution in [2.24, 2.45) is 5.92 Å². The molecule has 0 saturated heterocycles. The molecule has 7 nitrogen and oxygen atoms in total. The van der Waals surface area contributed by atoms with Gasteiger partial charge >= 0.3 is 6.09 Å². The Morgan fingerprint density at radius 1 is 1.05 bits per heavy atom. The molecule has 1 fully saturated rings. The number of nitrogens with one attached hydrogen (secondary N) is 2. The molecule has 37 heavy (non-hydrogen) atoms. The molecule has 0 aromatic heterocycles. The zero-order chi connectivity index (χ0) is 27.5. The average Bonchev–Trinajstić information content (AvgIpc) is 3.53. The summed E-state index contributed by atoms with van der Waals surface area (Å²) in [6.07, 6.45) is 0.0765. The highest BCUT2D eigenvalue weighted by Gasteiger charge is 2.48. The number of aryl methyl sites for hydroxylation is 2. The van der Waals surface area contributed by atoms with Crippen molar-refractivity contribution in [1.82, 2.24) is 10.2 Å². The van der Waals surface area contributed by atoms with Crippen LogP contribution in [0.3, 0.4) is 0 Å². The van der Waals surface area contributed by atoms with Gasteiger partial charge in [0.2, 0.25) is 5.91 Å². The van der Waals surface area contributed by atoms with E-state index in [9.17, 15) is 14.4 Å². The molecule has 200 valence electrons. The molecule has 1 aliphatic carbocycles. The van der Waals surface area contributed by atoms with E-state index in [1.54, 1.807) is 25.7 Å². The van der Waals surface area contributed by atoms with E-state index in [4.69, 9.17) is 4.74 Å². The molecule has 0 aliphatic heterocycles. The summed E-state index contributed by atoms with van der Waals surface area (Å²) in [5, 5.41) is 5.72. The third-order valence-corrected chi connectivity index (χ3v) is 7.09. The van der Waals surface area contributed by atoms with Crippen LogP contribution in [-0.2, 0) is 14.3 Å². The first-order valence-electron chi connectivity index (χ1n) is 12.7. The molecule has 3 rings (SSSR count). The highest BCUT2D eigenvalue weighted by atomic mass is 32.1. The molecule has 2 aromatic rings. The van der Waals surface area contributed by atoms with Crippen molar-refractivity contribution in [2.75, 3.05) is 11.1 Å². The first-order chi connectivity index (χ1) is 17.3. The summed E-state index contributed by atoms with van der Waals surface area (Å²) in [7, 11) is 0. The summed E-state index contributed by atoms with van der Waals surface area (Å²) in [5.74, 6) is -0.370. The first kappa shape index (κ1) is 28.6. The van der Waals surface area contributed by atoms with Gasteiger partial charge in [-0.2, -0.15) is 12.6 Å². The van der Waals surface area contributed by atoms with Gasteiger partial charge in [-0.15, -0.1) is 0 Å². The quantitative estimate of drug-likeness (QED) is 0.406. The molecule has 4 atom stereocenters. The van der Waals surface area contributed by atoms with E-state index < -0.39 is 23.8 Å². The fraction of sp³-hybridized carbons (Fsp3) is 0.483. The molecule has 3 amide bonds. The number of rotatable bonds is 8. The molecule has 1 aliphatic rings. The highest BCUT2D eigenvalue weighted by Crippen LogP contribution is 2.42. The van der Waals surface area contributed by atoms with Crippen LogP contribution in [0.15, 0.2) is 42.5 Å². The van der Waals surface area contributed by atoms with E-state index >= 15 is 0 Å². The van der Waals surface area contributed by atoms with Crippen LogP contribution < -0.4 is 10.6 Å². The van der Waals surface area contributed by atoms with Crippen molar-refractivity contribution < 1.29 is 19.1 Å². The van der Waals surface area contributed by atoms with Gasteiger partial charge in [-0.3, -0.25) is 9.59 Å². The number of hydrogen-bond acceptors (Lipinski definition) is 5. The predicted octanol–water partition coefficient (Wildman–Crippen LogP) is 5.35. The minimum absolute atomic E-state index is 0.0641. The number of amides is 3. The second kappa shape index (κ2) is 11.6. The third kappa shape index (κ3) is 7.06. The molecule has 2 N–H and O–H groups in total. The van der Waals surface area contributed by atoms with Gasteiger partial charge in [-0.1, -0.05) is 43.3 Å². The number of nitrogens with zero attached hydrogens (tertiary/aromatic N) is 1. The van der Waals surface area contributed by atoms with Gasteiger partial charge in [0.05, 0.1) is 0 Å². The summed E-state index contributed by atoms with van der Waals surface area (Å²) in [6, 6.07) is 11.4. The second-order valence-electron chi connectivity index (χ2n) is 10.9. The monoisotopic (exact) mass is 525 g/mol. The third-order valence-electron chi connectivity index (χ3n) is 6.72. The Kier molecular flexibility index (Phi) is 8.95. The maximum atomic E-state index is 14.1. The minimum Gasteiger partial charge on any atom is -0.444 e. The van der Waals surface area contributed by atoms with E-state index in [1.807, 2.05) is 63.2 Å². The normalized spacial score (nSPS) is 18.4. The average molecular weight is 526 g/mol. The van der Waals surface area contributed by atoms with Crippen molar-refractivity contribution in [2.45, 2.75) is 78.6 Å². The molecule has 4 unspecified atom stereocenters. The van der Waals surface area contributed by atoms with Gasteiger partial charge in [-0.25, -0.2) is 4.79 Å². The van der Waals surface area contributed by atoms with Gasteiger partial charge in [0.15, 0.2) is 0 Å². The molecule has 2 aromatic carbocycles. The Labute approximate surface area is 225 Å².